The van der Waals surface area contributed by atoms with Crippen molar-refractivity contribution < 1.29 is 9.90 Å². The molecule has 0 radical (unpaired) electrons. The first-order valence-electron chi connectivity index (χ1n) is 6.22. The van der Waals surface area contributed by atoms with Gasteiger partial charge in [-0.25, -0.2) is 0 Å². The summed E-state index contributed by atoms with van der Waals surface area (Å²) in [5.41, 5.74) is 1.20. The Morgan fingerprint density at radius 3 is 2.76 bits per heavy atom. The van der Waals surface area contributed by atoms with Gasteiger partial charge in [0.05, 0.1) is 6.42 Å². The van der Waals surface area contributed by atoms with E-state index in [1.165, 1.54) is 5.69 Å². The van der Waals surface area contributed by atoms with Crippen LogP contribution in [0.4, 0.5) is 5.69 Å². The Bertz CT molecular complexity index is 377. The number of hydrogen-bond acceptors (Lipinski definition) is 2. The first kappa shape index (κ1) is 12.0. The van der Waals surface area contributed by atoms with Crippen molar-refractivity contribution in [3.05, 3.63) is 30.3 Å². The number of carboxylic acids is 1. The van der Waals surface area contributed by atoms with Gasteiger partial charge in [0.1, 0.15) is 0 Å². The second-order valence-electron chi connectivity index (χ2n) is 4.77. The molecule has 1 N–H and O–H groups in total. The fourth-order valence-corrected chi connectivity index (χ4v) is 2.70. The number of piperidine rings is 1. The minimum Gasteiger partial charge on any atom is -0.481 e. The monoisotopic (exact) mass is 233 g/mol. The lowest BCUT2D eigenvalue weighted by atomic mass is 9.87. The summed E-state index contributed by atoms with van der Waals surface area (Å²) in [7, 11) is 0. The van der Waals surface area contributed by atoms with Crippen molar-refractivity contribution in [2.24, 2.45) is 5.92 Å². The van der Waals surface area contributed by atoms with Crippen molar-refractivity contribution >= 4 is 11.7 Å². The van der Waals surface area contributed by atoms with E-state index in [0.717, 1.165) is 19.4 Å². The second kappa shape index (κ2) is 5.21. The molecule has 1 fully saturated rings. The number of hydrogen-bond donors (Lipinski definition) is 1. The van der Waals surface area contributed by atoms with Crippen LogP contribution in [0.1, 0.15) is 26.2 Å². The van der Waals surface area contributed by atoms with Crippen LogP contribution in [-0.2, 0) is 4.79 Å². The highest BCUT2D eigenvalue weighted by molar-refractivity contribution is 5.67. The van der Waals surface area contributed by atoms with Crippen LogP contribution >= 0.6 is 0 Å². The number of aliphatic carboxylic acids is 1. The van der Waals surface area contributed by atoms with E-state index >= 15 is 0 Å². The molecule has 2 atom stereocenters. The van der Waals surface area contributed by atoms with E-state index in [1.807, 2.05) is 18.2 Å². The van der Waals surface area contributed by atoms with Gasteiger partial charge in [-0.05, 0) is 37.8 Å². The molecule has 0 saturated carbocycles. The average molecular weight is 233 g/mol. The van der Waals surface area contributed by atoms with Gasteiger partial charge >= 0.3 is 5.97 Å². The van der Waals surface area contributed by atoms with Crippen LogP contribution in [0.25, 0.3) is 0 Å². The number of benzene rings is 1. The van der Waals surface area contributed by atoms with Crippen LogP contribution in [0, 0.1) is 5.92 Å². The molecule has 0 amide bonds. The Hall–Kier alpha value is -1.51. The van der Waals surface area contributed by atoms with Crippen LogP contribution in [0.15, 0.2) is 30.3 Å². The minimum atomic E-state index is -0.684. The predicted octanol–water partition coefficient (Wildman–Crippen LogP) is 2.77. The molecule has 1 heterocycles. The number of carbonyl (C=O) groups is 1. The molecular formula is C14H19NO2. The Kier molecular flexibility index (Phi) is 3.67. The van der Waals surface area contributed by atoms with Crippen LogP contribution in [0.5, 0.6) is 0 Å². The topological polar surface area (TPSA) is 40.5 Å². The SMILES string of the molecule is C[C@@H]1[C@@H](CC(=O)O)CCCN1c1ccccc1. The fourth-order valence-electron chi connectivity index (χ4n) is 2.70. The molecule has 0 bridgehead atoms. The molecular weight excluding hydrogens is 214 g/mol. The molecule has 2 rings (SSSR count). The van der Waals surface area contributed by atoms with Crippen molar-refractivity contribution in [2.75, 3.05) is 11.4 Å². The molecule has 1 aromatic carbocycles. The predicted molar refractivity (Wildman–Crippen MR) is 68.2 cm³/mol. The number of anilines is 1. The van der Waals surface area contributed by atoms with E-state index in [4.69, 9.17) is 5.11 Å². The Labute approximate surface area is 102 Å². The highest BCUT2D eigenvalue weighted by Crippen LogP contribution is 2.30. The highest BCUT2D eigenvalue weighted by atomic mass is 16.4. The summed E-state index contributed by atoms with van der Waals surface area (Å²) >= 11 is 0. The summed E-state index contributed by atoms with van der Waals surface area (Å²) in [6.45, 7) is 3.17. The molecule has 3 nitrogen and oxygen atoms in total. The highest BCUT2D eigenvalue weighted by Gasteiger charge is 2.29. The van der Waals surface area contributed by atoms with Gasteiger partial charge in [-0.2, -0.15) is 0 Å². The van der Waals surface area contributed by atoms with E-state index < -0.39 is 5.97 Å². The van der Waals surface area contributed by atoms with E-state index in [-0.39, 0.29) is 12.3 Å². The molecule has 92 valence electrons. The van der Waals surface area contributed by atoms with Gasteiger partial charge in [-0.1, -0.05) is 18.2 Å². The van der Waals surface area contributed by atoms with Crippen LogP contribution in [0.3, 0.4) is 0 Å². The van der Waals surface area contributed by atoms with Gasteiger partial charge in [-0.3, -0.25) is 4.79 Å². The van der Waals surface area contributed by atoms with Crippen LogP contribution in [0.2, 0.25) is 0 Å². The maximum absolute atomic E-state index is 10.8. The van der Waals surface area contributed by atoms with Gasteiger partial charge in [-0.15, -0.1) is 0 Å². The number of carboxylic acid groups (broad SMARTS) is 1. The number of nitrogens with zero attached hydrogens (tertiary/aromatic N) is 1. The quantitative estimate of drug-likeness (QED) is 0.872. The number of para-hydroxylation sites is 1. The lowest BCUT2D eigenvalue weighted by Crippen LogP contribution is -2.44. The zero-order chi connectivity index (χ0) is 12.3. The van der Waals surface area contributed by atoms with E-state index in [2.05, 4.69) is 24.0 Å². The average Bonchev–Trinajstić information content (AvgIpc) is 2.32. The normalized spacial score (nSPS) is 24.6. The molecule has 1 aliphatic rings. The third-order valence-electron chi connectivity index (χ3n) is 3.67. The standard InChI is InChI=1S/C14H19NO2/c1-11-12(10-14(16)17)6-5-9-15(11)13-7-3-2-4-8-13/h2-4,7-8,11-12H,5-6,9-10H2,1H3,(H,16,17)/t11-,12-/m1/s1. The van der Waals surface area contributed by atoms with E-state index in [0.29, 0.717) is 6.04 Å². The van der Waals surface area contributed by atoms with Crippen molar-refractivity contribution in [3.8, 4) is 0 Å². The van der Waals surface area contributed by atoms with Gasteiger partial charge in [0.25, 0.3) is 0 Å². The fraction of sp³-hybridized carbons (Fsp3) is 0.500. The summed E-state index contributed by atoms with van der Waals surface area (Å²) in [6.07, 6.45) is 2.39. The van der Waals surface area contributed by atoms with Gasteiger partial charge < -0.3 is 10.0 Å². The lowest BCUT2D eigenvalue weighted by molar-refractivity contribution is -0.138. The number of rotatable bonds is 3. The summed E-state index contributed by atoms with van der Waals surface area (Å²) < 4.78 is 0. The molecule has 1 saturated heterocycles. The van der Waals surface area contributed by atoms with E-state index in [9.17, 15) is 4.79 Å². The maximum atomic E-state index is 10.8. The van der Waals surface area contributed by atoms with Gasteiger partial charge in [0.15, 0.2) is 0 Å². The summed E-state index contributed by atoms with van der Waals surface area (Å²) in [6, 6.07) is 10.6. The van der Waals surface area contributed by atoms with Crippen molar-refractivity contribution in [1.82, 2.24) is 0 Å². The van der Waals surface area contributed by atoms with Gasteiger partial charge in [0.2, 0.25) is 0 Å². The molecule has 0 aliphatic carbocycles. The molecule has 0 spiro atoms. The molecule has 17 heavy (non-hydrogen) atoms. The largest absolute Gasteiger partial charge is 0.481 e. The smallest absolute Gasteiger partial charge is 0.303 e. The second-order valence-corrected chi connectivity index (χ2v) is 4.77. The summed E-state index contributed by atoms with van der Waals surface area (Å²) in [4.78, 5) is 13.2. The lowest BCUT2D eigenvalue weighted by Gasteiger charge is -2.40. The Morgan fingerprint density at radius 2 is 2.12 bits per heavy atom. The molecule has 3 heteroatoms. The van der Waals surface area contributed by atoms with Crippen molar-refractivity contribution in [1.29, 1.82) is 0 Å². The molecule has 0 aromatic heterocycles. The van der Waals surface area contributed by atoms with Crippen molar-refractivity contribution in [2.45, 2.75) is 32.2 Å². The molecule has 0 unspecified atom stereocenters. The van der Waals surface area contributed by atoms with Crippen LogP contribution in [-0.4, -0.2) is 23.7 Å². The first-order valence-corrected chi connectivity index (χ1v) is 6.22. The zero-order valence-corrected chi connectivity index (χ0v) is 10.2. The maximum Gasteiger partial charge on any atom is 0.303 e. The van der Waals surface area contributed by atoms with E-state index in [1.54, 1.807) is 0 Å². The minimum absolute atomic E-state index is 0.265. The third-order valence-corrected chi connectivity index (χ3v) is 3.67. The Morgan fingerprint density at radius 1 is 1.41 bits per heavy atom. The summed E-state index contributed by atoms with van der Waals surface area (Å²) in [5, 5.41) is 8.92. The van der Waals surface area contributed by atoms with Crippen LogP contribution < -0.4 is 4.90 Å². The third kappa shape index (κ3) is 2.78. The molecule has 1 aliphatic heterocycles. The zero-order valence-electron chi connectivity index (χ0n) is 10.2. The summed E-state index contributed by atoms with van der Waals surface area (Å²) in [5.74, 6) is -0.418. The molecule has 1 aromatic rings. The first-order chi connectivity index (χ1) is 8.18. The van der Waals surface area contributed by atoms with Crippen molar-refractivity contribution in [3.63, 3.8) is 0 Å². The van der Waals surface area contributed by atoms with Gasteiger partial charge in [0, 0.05) is 18.3 Å². The Balaban J connectivity index is 2.11.